The molecule has 0 unspecified atom stereocenters. The fourth-order valence-electron chi connectivity index (χ4n) is 4.27. The van der Waals surface area contributed by atoms with Gasteiger partial charge in [-0.05, 0) is 67.4 Å². The molecule has 0 saturated carbocycles. The Hall–Kier alpha value is -2.68. The molecule has 0 spiro atoms. The topological polar surface area (TPSA) is 69.7 Å². The van der Waals surface area contributed by atoms with Crippen LogP contribution in [0.25, 0.3) is 0 Å². The van der Waals surface area contributed by atoms with Crippen molar-refractivity contribution in [2.24, 2.45) is 0 Å². The van der Waals surface area contributed by atoms with Crippen molar-refractivity contribution in [2.45, 2.75) is 37.2 Å². The highest BCUT2D eigenvalue weighted by Crippen LogP contribution is 2.26. The average Bonchev–Trinajstić information content (AvgIpc) is 2.87. The van der Waals surface area contributed by atoms with Crippen LogP contribution in [0.3, 0.4) is 0 Å². The van der Waals surface area contributed by atoms with E-state index in [1.165, 1.54) is 37.0 Å². The van der Waals surface area contributed by atoms with Crippen molar-refractivity contribution < 1.29 is 13.2 Å². The molecule has 0 bridgehead atoms. The predicted octanol–water partition coefficient (Wildman–Crippen LogP) is 4.95. The molecular formula is C27H30BrN3O3S. The van der Waals surface area contributed by atoms with Crippen LogP contribution in [0.1, 0.15) is 30.4 Å². The maximum Gasteiger partial charge on any atom is 0.264 e. The van der Waals surface area contributed by atoms with Gasteiger partial charge < -0.3 is 5.32 Å². The zero-order valence-electron chi connectivity index (χ0n) is 19.6. The van der Waals surface area contributed by atoms with Gasteiger partial charge in [-0.15, -0.1) is 0 Å². The molecule has 0 aromatic heterocycles. The molecule has 1 fully saturated rings. The molecule has 35 heavy (non-hydrogen) atoms. The van der Waals surface area contributed by atoms with Crippen LogP contribution in [0.2, 0.25) is 0 Å². The maximum absolute atomic E-state index is 13.4. The SMILES string of the molecule is O=C(CN(c1cccc(Br)c1)S(=O)(=O)c1ccccc1)NCc1cccc(CN2CCCCC2)c1. The zero-order chi connectivity index (χ0) is 24.7. The van der Waals surface area contributed by atoms with Gasteiger partial charge in [0.15, 0.2) is 0 Å². The first-order chi connectivity index (χ1) is 16.9. The van der Waals surface area contributed by atoms with Crippen molar-refractivity contribution in [1.82, 2.24) is 10.2 Å². The first kappa shape index (κ1) is 25.4. The summed E-state index contributed by atoms with van der Waals surface area (Å²) < 4.78 is 28.7. The quantitative estimate of drug-likeness (QED) is 0.405. The monoisotopic (exact) mass is 555 g/mol. The number of piperidine rings is 1. The molecule has 1 heterocycles. The Bertz CT molecular complexity index is 1250. The maximum atomic E-state index is 13.4. The summed E-state index contributed by atoms with van der Waals surface area (Å²) in [5.74, 6) is -0.370. The fraction of sp³-hybridized carbons (Fsp3) is 0.296. The van der Waals surface area contributed by atoms with E-state index in [0.717, 1.165) is 34.0 Å². The molecule has 3 aromatic carbocycles. The van der Waals surface area contributed by atoms with Crippen molar-refractivity contribution in [3.8, 4) is 0 Å². The number of nitrogens with zero attached hydrogens (tertiary/aromatic N) is 2. The number of hydrogen-bond donors (Lipinski definition) is 1. The summed E-state index contributed by atoms with van der Waals surface area (Å²) in [6, 6.07) is 23.3. The highest BCUT2D eigenvalue weighted by Gasteiger charge is 2.27. The molecule has 1 amide bonds. The first-order valence-corrected chi connectivity index (χ1v) is 14.1. The van der Waals surface area contributed by atoms with Crippen LogP contribution in [-0.4, -0.2) is 38.9 Å². The molecule has 0 atom stereocenters. The van der Waals surface area contributed by atoms with E-state index < -0.39 is 10.0 Å². The molecule has 4 rings (SSSR count). The lowest BCUT2D eigenvalue weighted by molar-refractivity contribution is -0.119. The van der Waals surface area contributed by atoms with Gasteiger partial charge in [-0.3, -0.25) is 14.0 Å². The van der Waals surface area contributed by atoms with Crippen LogP contribution >= 0.6 is 15.9 Å². The number of sulfonamides is 1. The van der Waals surface area contributed by atoms with Crippen molar-refractivity contribution in [1.29, 1.82) is 0 Å². The van der Waals surface area contributed by atoms with Gasteiger partial charge in [-0.1, -0.05) is 70.9 Å². The summed E-state index contributed by atoms with van der Waals surface area (Å²) in [5.41, 5.74) is 2.63. The van der Waals surface area contributed by atoms with Crippen molar-refractivity contribution in [2.75, 3.05) is 23.9 Å². The minimum absolute atomic E-state index is 0.137. The minimum Gasteiger partial charge on any atom is -0.350 e. The highest BCUT2D eigenvalue weighted by atomic mass is 79.9. The first-order valence-electron chi connectivity index (χ1n) is 11.8. The molecule has 1 saturated heterocycles. The molecule has 8 heteroatoms. The lowest BCUT2D eigenvalue weighted by Crippen LogP contribution is -2.40. The Morgan fingerprint density at radius 2 is 1.60 bits per heavy atom. The predicted molar refractivity (Wildman–Crippen MR) is 143 cm³/mol. The molecule has 3 aromatic rings. The number of rotatable bonds is 9. The number of halogens is 1. The Labute approximate surface area is 216 Å². The Morgan fingerprint density at radius 3 is 2.34 bits per heavy atom. The molecule has 0 aliphatic carbocycles. The van der Waals surface area contributed by atoms with Gasteiger partial charge in [0.1, 0.15) is 6.54 Å². The Morgan fingerprint density at radius 1 is 0.886 bits per heavy atom. The van der Waals surface area contributed by atoms with E-state index in [2.05, 4.69) is 38.3 Å². The van der Waals surface area contributed by atoms with E-state index in [4.69, 9.17) is 0 Å². The van der Waals surface area contributed by atoms with Crippen LogP contribution < -0.4 is 9.62 Å². The number of nitrogens with one attached hydrogen (secondary N) is 1. The molecular weight excluding hydrogens is 526 g/mol. The van der Waals surface area contributed by atoms with E-state index in [9.17, 15) is 13.2 Å². The minimum atomic E-state index is -3.93. The molecule has 1 N–H and O–H groups in total. The lowest BCUT2D eigenvalue weighted by Gasteiger charge is -2.26. The molecule has 1 aliphatic heterocycles. The van der Waals surface area contributed by atoms with E-state index >= 15 is 0 Å². The third kappa shape index (κ3) is 6.93. The summed E-state index contributed by atoms with van der Waals surface area (Å²) in [6.45, 7) is 3.18. The van der Waals surface area contributed by atoms with Crippen LogP contribution in [-0.2, 0) is 27.9 Å². The second kappa shape index (κ2) is 11.8. The highest BCUT2D eigenvalue weighted by molar-refractivity contribution is 9.10. The number of likely N-dealkylation sites (tertiary alicyclic amines) is 1. The van der Waals surface area contributed by atoms with Gasteiger partial charge in [0.2, 0.25) is 5.91 Å². The van der Waals surface area contributed by atoms with Crippen LogP contribution in [0.15, 0.2) is 88.2 Å². The number of benzene rings is 3. The van der Waals surface area contributed by atoms with Crippen molar-refractivity contribution in [3.05, 3.63) is 94.5 Å². The van der Waals surface area contributed by atoms with E-state index in [1.54, 1.807) is 36.4 Å². The van der Waals surface area contributed by atoms with E-state index in [1.807, 2.05) is 18.2 Å². The largest absolute Gasteiger partial charge is 0.350 e. The van der Waals surface area contributed by atoms with Crippen molar-refractivity contribution in [3.63, 3.8) is 0 Å². The number of anilines is 1. The summed E-state index contributed by atoms with van der Waals surface area (Å²) >= 11 is 3.40. The van der Waals surface area contributed by atoms with Gasteiger partial charge in [0.05, 0.1) is 10.6 Å². The average molecular weight is 557 g/mol. The smallest absolute Gasteiger partial charge is 0.264 e. The zero-order valence-corrected chi connectivity index (χ0v) is 22.0. The molecule has 184 valence electrons. The second-order valence-corrected chi connectivity index (χ2v) is 11.5. The van der Waals surface area contributed by atoms with Gasteiger partial charge in [0, 0.05) is 17.6 Å². The van der Waals surface area contributed by atoms with Gasteiger partial charge in [0.25, 0.3) is 10.0 Å². The van der Waals surface area contributed by atoms with Gasteiger partial charge >= 0.3 is 0 Å². The lowest BCUT2D eigenvalue weighted by atomic mass is 10.1. The molecule has 1 aliphatic rings. The summed E-state index contributed by atoms with van der Waals surface area (Å²) in [7, 11) is -3.93. The van der Waals surface area contributed by atoms with Gasteiger partial charge in [-0.25, -0.2) is 8.42 Å². The van der Waals surface area contributed by atoms with Crippen LogP contribution in [0, 0.1) is 0 Å². The van der Waals surface area contributed by atoms with Crippen LogP contribution in [0.5, 0.6) is 0 Å². The number of amides is 1. The Balaban J connectivity index is 1.45. The Kier molecular flexibility index (Phi) is 8.59. The molecule has 0 radical (unpaired) electrons. The molecule has 6 nitrogen and oxygen atoms in total. The van der Waals surface area contributed by atoms with Crippen LogP contribution in [0.4, 0.5) is 5.69 Å². The second-order valence-electron chi connectivity index (χ2n) is 8.74. The van der Waals surface area contributed by atoms with E-state index in [0.29, 0.717) is 12.2 Å². The summed E-state index contributed by atoms with van der Waals surface area (Å²) in [4.78, 5) is 15.5. The van der Waals surface area contributed by atoms with Gasteiger partial charge in [-0.2, -0.15) is 0 Å². The van der Waals surface area contributed by atoms with Crippen molar-refractivity contribution >= 4 is 37.5 Å². The summed E-state index contributed by atoms with van der Waals surface area (Å²) in [5, 5.41) is 2.90. The normalized spacial score (nSPS) is 14.4. The number of carbonyl (C=O) groups excluding carboxylic acids is 1. The number of hydrogen-bond acceptors (Lipinski definition) is 4. The number of carbonyl (C=O) groups is 1. The summed E-state index contributed by atoms with van der Waals surface area (Å²) in [6.07, 6.45) is 3.80. The standard InChI is InChI=1S/C27H30BrN3O3S/c28-24-11-8-12-25(18-24)31(35(33,34)26-13-3-1-4-14-26)21-27(32)29-19-22-9-7-10-23(17-22)20-30-15-5-2-6-16-30/h1,3-4,7-14,17-18H,2,5-6,15-16,19-21H2,(H,29,32). The van der Waals surface area contributed by atoms with E-state index in [-0.39, 0.29) is 17.3 Å². The fourth-order valence-corrected chi connectivity index (χ4v) is 6.09. The third-order valence-corrected chi connectivity index (χ3v) is 8.33. The third-order valence-electron chi connectivity index (χ3n) is 6.05.